The maximum absolute atomic E-state index is 6.15. The summed E-state index contributed by atoms with van der Waals surface area (Å²) in [5.74, 6) is 2.18. The van der Waals surface area contributed by atoms with Crippen molar-refractivity contribution in [1.82, 2.24) is 9.97 Å². The number of imidazole rings is 1. The number of hydrogen-bond donors (Lipinski definition) is 2. The third kappa shape index (κ3) is 2.44. The highest BCUT2D eigenvalue weighted by atomic mass is 35.5. The summed E-state index contributed by atoms with van der Waals surface area (Å²) < 4.78 is 11.1. The Hall–Kier alpha value is -2.40. The van der Waals surface area contributed by atoms with Gasteiger partial charge in [0.25, 0.3) is 0 Å². The van der Waals surface area contributed by atoms with Crippen LogP contribution in [0.15, 0.2) is 36.4 Å². The van der Waals surface area contributed by atoms with E-state index in [0.29, 0.717) is 25.7 Å². The molecule has 3 aromatic rings. The van der Waals surface area contributed by atoms with E-state index in [2.05, 4.69) is 15.3 Å². The minimum atomic E-state index is 0.570. The zero-order chi connectivity index (χ0) is 14.9. The Kier molecular flexibility index (Phi) is 3.27. The number of H-pyrrole nitrogens is 1. The lowest BCUT2D eigenvalue weighted by Gasteiger charge is -2.17. The van der Waals surface area contributed by atoms with Gasteiger partial charge in [-0.1, -0.05) is 29.8 Å². The van der Waals surface area contributed by atoms with E-state index in [-0.39, 0.29) is 0 Å². The summed E-state index contributed by atoms with van der Waals surface area (Å²) >= 11 is 6.15. The molecular weight excluding hydrogens is 302 g/mol. The molecule has 0 fully saturated rings. The topological polar surface area (TPSA) is 59.2 Å². The first kappa shape index (κ1) is 13.3. The molecule has 0 aliphatic carbocycles. The molecule has 2 N–H and O–H groups in total. The number of hydrogen-bond acceptors (Lipinski definition) is 4. The molecule has 0 atom stereocenters. The summed E-state index contributed by atoms with van der Waals surface area (Å²) in [5.41, 5.74) is 2.77. The number of nitrogens with zero attached hydrogens (tertiary/aromatic N) is 1. The predicted octanol–water partition coefficient (Wildman–Crippen LogP) is 3.60. The second-order valence-corrected chi connectivity index (χ2v) is 5.45. The van der Waals surface area contributed by atoms with Crippen LogP contribution in [0.4, 0.5) is 5.95 Å². The molecule has 22 heavy (non-hydrogen) atoms. The van der Waals surface area contributed by atoms with E-state index < -0.39 is 0 Å². The summed E-state index contributed by atoms with van der Waals surface area (Å²) in [6.07, 6.45) is 0. The Bertz CT molecular complexity index is 788. The van der Waals surface area contributed by atoms with Crippen LogP contribution in [0.3, 0.4) is 0 Å². The van der Waals surface area contributed by atoms with Crippen LogP contribution in [0.5, 0.6) is 11.5 Å². The normalized spacial score (nSPS) is 13.3. The molecule has 0 saturated heterocycles. The zero-order valence-corrected chi connectivity index (χ0v) is 12.5. The lowest BCUT2D eigenvalue weighted by molar-refractivity contribution is 0.172. The minimum absolute atomic E-state index is 0.570. The second kappa shape index (κ2) is 5.42. The van der Waals surface area contributed by atoms with Gasteiger partial charge in [-0.3, -0.25) is 0 Å². The molecule has 0 saturated carbocycles. The first-order valence-corrected chi connectivity index (χ1v) is 7.44. The van der Waals surface area contributed by atoms with Crippen molar-refractivity contribution in [2.45, 2.75) is 6.54 Å². The maximum atomic E-state index is 6.15. The SMILES string of the molecule is Clc1ccccc1CNc1nc2cc3c(cc2[nH]1)OCCO3. The molecule has 0 radical (unpaired) electrons. The van der Waals surface area contributed by atoms with E-state index in [4.69, 9.17) is 21.1 Å². The van der Waals surface area contributed by atoms with Gasteiger partial charge in [0.05, 0.1) is 11.0 Å². The van der Waals surface area contributed by atoms with E-state index >= 15 is 0 Å². The van der Waals surface area contributed by atoms with Crippen LogP contribution < -0.4 is 14.8 Å². The molecule has 2 aromatic carbocycles. The number of aromatic nitrogens is 2. The van der Waals surface area contributed by atoms with E-state index in [1.165, 1.54) is 0 Å². The van der Waals surface area contributed by atoms with Gasteiger partial charge in [0.2, 0.25) is 5.95 Å². The molecule has 0 spiro atoms. The van der Waals surface area contributed by atoms with Crippen molar-refractivity contribution in [3.8, 4) is 11.5 Å². The minimum Gasteiger partial charge on any atom is -0.486 e. The summed E-state index contributed by atoms with van der Waals surface area (Å²) in [5, 5.41) is 3.99. The van der Waals surface area contributed by atoms with Crippen LogP contribution in [-0.2, 0) is 6.54 Å². The molecule has 5 nitrogen and oxygen atoms in total. The number of rotatable bonds is 3. The van der Waals surface area contributed by atoms with E-state index in [1.54, 1.807) is 0 Å². The molecule has 2 heterocycles. The van der Waals surface area contributed by atoms with Gasteiger partial charge in [-0.15, -0.1) is 0 Å². The van der Waals surface area contributed by atoms with Crippen molar-refractivity contribution < 1.29 is 9.47 Å². The number of fused-ring (bicyclic) bond motifs is 2. The van der Waals surface area contributed by atoms with Gasteiger partial charge in [0.15, 0.2) is 11.5 Å². The summed E-state index contributed by atoms with van der Waals surface area (Å²) in [7, 11) is 0. The van der Waals surface area contributed by atoms with Crippen molar-refractivity contribution in [3.63, 3.8) is 0 Å². The van der Waals surface area contributed by atoms with Gasteiger partial charge >= 0.3 is 0 Å². The predicted molar refractivity (Wildman–Crippen MR) is 85.9 cm³/mol. The quantitative estimate of drug-likeness (QED) is 0.775. The Morgan fingerprint density at radius 1 is 1.14 bits per heavy atom. The summed E-state index contributed by atoms with van der Waals surface area (Å²) in [4.78, 5) is 7.75. The molecule has 1 aliphatic rings. The van der Waals surface area contributed by atoms with Gasteiger partial charge in [-0.05, 0) is 11.6 Å². The van der Waals surface area contributed by atoms with Crippen LogP contribution in [0, 0.1) is 0 Å². The smallest absolute Gasteiger partial charge is 0.201 e. The monoisotopic (exact) mass is 315 g/mol. The first-order valence-electron chi connectivity index (χ1n) is 7.06. The second-order valence-electron chi connectivity index (χ2n) is 5.04. The lowest BCUT2D eigenvalue weighted by Crippen LogP contribution is -2.15. The van der Waals surface area contributed by atoms with Crippen LogP contribution in [-0.4, -0.2) is 23.2 Å². The fourth-order valence-electron chi connectivity index (χ4n) is 2.45. The number of anilines is 1. The molecule has 4 rings (SSSR count). The highest BCUT2D eigenvalue weighted by Crippen LogP contribution is 2.34. The molecule has 0 unspecified atom stereocenters. The number of nitrogens with one attached hydrogen (secondary N) is 2. The lowest BCUT2D eigenvalue weighted by atomic mass is 10.2. The third-order valence-electron chi connectivity index (χ3n) is 3.55. The Morgan fingerprint density at radius 2 is 1.91 bits per heavy atom. The molecule has 1 aromatic heterocycles. The highest BCUT2D eigenvalue weighted by molar-refractivity contribution is 6.31. The van der Waals surface area contributed by atoms with Crippen molar-refractivity contribution in [1.29, 1.82) is 0 Å². The number of benzene rings is 2. The maximum Gasteiger partial charge on any atom is 0.201 e. The molecule has 0 amide bonds. The molecular formula is C16H14ClN3O2. The number of halogens is 1. The standard InChI is InChI=1S/C16H14ClN3O2/c17-11-4-2-1-3-10(11)9-18-16-19-12-7-14-15(8-13(12)20-16)22-6-5-21-14/h1-4,7-8H,5-6,9H2,(H2,18,19,20). The molecule has 112 valence electrons. The van der Waals surface area contributed by atoms with Crippen molar-refractivity contribution in [3.05, 3.63) is 47.0 Å². The molecule has 1 aliphatic heterocycles. The van der Waals surface area contributed by atoms with Crippen LogP contribution >= 0.6 is 11.6 Å². The van der Waals surface area contributed by atoms with E-state index in [9.17, 15) is 0 Å². The fraction of sp³-hybridized carbons (Fsp3) is 0.188. The van der Waals surface area contributed by atoms with Crippen LogP contribution in [0.1, 0.15) is 5.56 Å². The van der Waals surface area contributed by atoms with Gasteiger partial charge in [0.1, 0.15) is 13.2 Å². The average Bonchev–Trinajstić information content (AvgIpc) is 2.93. The zero-order valence-electron chi connectivity index (χ0n) is 11.7. The van der Waals surface area contributed by atoms with E-state index in [0.717, 1.165) is 33.1 Å². The molecule has 0 bridgehead atoms. The summed E-state index contributed by atoms with van der Waals surface area (Å²) in [6.45, 7) is 1.75. The van der Waals surface area contributed by atoms with Crippen molar-refractivity contribution in [2.24, 2.45) is 0 Å². The molecule has 6 heteroatoms. The van der Waals surface area contributed by atoms with Crippen molar-refractivity contribution in [2.75, 3.05) is 18.5 Å². The highest BCUT2D eigenvalue weighted by Gasteiger charge is 2.14. The van der Waals surface area contributed by atoms with Gasteiger partial charge in [-0.25, -0.2) is 4.98 Å². The first-order chi connectivity index (χ1) is 10.8. The van der Waals surface area contributed by atoms with Crippen LogP contribution in [0.25, 0.3) is 11.0 Å². The Labute approximate surface area is 132 Å². The number of ether oxygens (including phenoxy) is 2. The van der Waals surface area contributed by atoms with Gasteiger partial charge in [-0.2, -0.15) is 0 Å². The Balaban J connectivity index is 1.59. The third-order valence-corrected chi connectivity index (χ3v) is 3.92. The van der Waals surface area contributed by atoms with E-state index in [1.807, 2.05) is 36.4 Å². The average molecular weight is 316 g/mol. The fourth-order valence-corrected chi connectivity index (χ4v) is 2.65. The number of aromatic amines is 1. The van der Waals surface area contributed by atoms with Crippen molar-refractivity contribution >= 4 is 28.6 Å². The summed E-state index contributed by atoms with van der Waals surface area (Å²) in [6, 6.07) is 11.5. The van der Waals surface area contributed by atoms with Gasteiger partial charge < -0.3 is 19.8 Å². The Morgan fingerprint density at radius 3 is 2.73 bits per heavy atom. The van der Waals surface area contributed by atoms with Gasteiger partial charge in [0, 0.05) is 23.7 Å². The largest absolute Gasteiger partial charge is 0.486 e. The van der Waals surface area contributed by atoms with Crippen LogP contribution in [0.2, 0.25) is 5.02 Å².